The van der Waals surface area contributed by atoms with Crippen molar-refractivity contribution in [2.45, 2.75) is 26.4 Å². The van der Waals surface area contributed by atoms with E-state index in [1.165, 1.54) is 0 Å². The van der Waals surface area contributed by atoms with Gasteiger partial charge in [0.1, 0.15) is 22.4 Å². The van der Waals surface area contributed by atoms with Gasteiger partial charge in [0.25, 0.3) is 11.8 Å². The molecule has 2 aromatic rings. The molecule has 2 amide bonds. The molecule has 1 aromatic heterocycles. The minimum atomic E-state index is -1.13. The number of primary amides is 2. The van der Waals surface area contributed by atoms with Gasteiger partial charge in [-0.3, -0.25) is 14.7 Å². The number of esters is 1. The highest BCUT2D eigenvalue weighted by Gasteiger charge is 2.31. The topological polar surface area (TPSA) is 141 Å². The average molecular weight is 330 g/mol. The van der Waals surface area contributed by atoms with Crippen molar-refractivity contribution in [1.29, 1.82) is 0 Å². The largest absolute Gasteiger partial charge is 0.456 e. The van der Waals surface area contributed by atoms with E-state index in [-0.39, 0.29) is 11.3 Å². The minimum Gasteiger partial charge on any atom is -0.456 e. The first-order valence-corrected chi connectivity index (χ1v) is 7.12. The lowest BCUT2D eigenvalue weighted by molar-refractivity contribution is -0.147. The summed E-state index contributed by atoms with van der Waals surface area (Å²) in [7, 11) is 0. The maximum atomic E-state index is 12.6. The first kappa shape index (κ1) is 17.2. The lowest BCUT2D eigenvalue weighted by Gasteiger charge is -2.21. The summed E-state index contributed by atoms with van der Waals surface area (Å²) < 4.78 is 5.29. The Morgan fingerprint density at radius 2 is 1.67 bits per heavy atom. The Morgan fingerprint density at radius 3 is 2.21 bits per heavy atom. The van der Waals surface area contributed by atoms with Crippen LogP contribution in [0.4, 0.5) is 0 Å². The molecule has 0 saturated heterocycles. The highest BCUT2D eigenvalue weighted by molar-refractivity contribution is 6.34. The van der Waals surface area contributed by atoms with Crippen molar-refractivity contribution >= 4 is 34.3 Å². The Bertz CT molecular complexity index is 842. The van der Waals surface area contributed by atoms with E-state index in [0.29, 0.717) is 10.9 Å². The number of H-pyrrole nitrogens is 1. The number of carbonyl (C=O) groups is 3. The fourth-order valence-electron chi connectivity index (χ4n) is 2.17. The Morgan fingerprint density at radius 1 is 1.08 bits per heavy atom. The second-order valence-corrected chi connectivity index (χ2v) is 6.10. The van der Waals surface area contributed by atoms with Crippen molar-refractivity contribution in [3.05, 3.63) is 35.5 Å². The lowest BCUT2D eigenvalue weighted by Crippen LogP contribution is -2.32. The summed E-state index contributed by atoms with van der Waals surface area (Å²) in [5, 5.41) is 7.28. The second-order valence-electron chi connectivity index (χ2n) is 6.10. The van der Waals surface area contributed by atoms with E-state index >= 15 is 0 Å². The first-order chi connectivity index (χ1) is 11.1. The van der Waals surface area contributed by atoms with Gasteiger partial charge < -0.3 is 16.2 Å². The van der Waals surface area contributed by atoms with Crippen LogP contribution in [-0.2, 0) is 19.1 Å². The number of aromatic amines is 1. The van der Waals surface area contributed by atoms with Crippen molar-refractivity contribution < 1.29 is 19.1 Å². The van der Waals surface area contributed by atoms with Gasteiger partial charge in [-0.1, -0.05) is 18.2 Å². The third-order valence-electron chi connectivity index (χ3n) is 3.05. The van der Waals surface area contributed by atoms with Gasteiger partial charge in [0.05, 0.1) is 5.52 Å². The molecule has 0 bridgehead atoms. The maximum absolute atomic E-state index is 12.6. The quantitative estimate of drug-likeness (QED) is 0.326. The van der Waals surface area contributed by atoms with E-state index in [1.54, 1.807) is 45.0 Å². The van der Waals surface area contributed by atoms with Crippen molar-refractivity contribution in [3.8, 4) is 0 Å². The molecule has 8 heteroatoms. The van der Waals surface area contributed by atoms with Gasteiger partial charge in [0.2, 0.25) is 0 Å². The van der Waals surface area contributed by atoms with E-state index in [4.69, 9.17) is 16.2 Å². The van der Waals surface area contributed by atoms with E-state index in [9.17, 15) is 14.4 Å². The Hall–Kier alpha value is -3.16. The van der Waals surface area contributed by atoms with Crippen molar-refractivity contribution in [2.24, 2.45) is 11.5 Å². The van der Waals surface area contributed by atoms with Crippen LogP contribution in [0.3, 0.4) is 0 Å². The van der Waals surface area contributed by atoms with E-state index in [2.05, 4.69) is 10.2 Å². The number of nitrogens with one attached hydrogen (secondary N) is 1. The lowest BCUT2D eigenvalue weighted by atomic mass is 10.0. The smallest absolute Gasteiger partial charge is 0.341 e. The van der Waals surface area contributed by atoms with E-state index < -0.39 is 29.0 Å². The second kappa shape index (κ2) is 6.15. The predicted octanol–water partition coefficient (Wildman–Crippen LogP) is 0.629. The van der Waals surface area contributed by atoms with Gasteiger partial charge in [0, 0.05) is 5.39 Å². The molecule has 0 aliphatic heterocycles. The van der Waals surface area contributed by atoms with Crippen LogP contribution in [0.15, 0.2) is 29.8 Å². The molecule has 0 radical (unpaired) electrons. The summed E-state index contributed by atoms with van der Waals surface area (Å²) in [4.78, 5) is 36.0. The molecule has 5 N–H and O–H groups in total. The highest BCUT2D eigenvalue weighted by Crippen LogP contribution is 2.27. The third kappa shape index (κ3) is 3.43. The van der Waals surface area contributed by atoms with Gasteiger partial charge in [-0.15, -0.1) is 0 Å². The summed E-state index contributed by atoms with van der Waals surface area (Å²) in [5.74, 6) is -3.17. The average Bonchev–Trinajstić information content (AvgIpc) is 2.85. The van der Waals surface area contributed by atoms with E-state index in [1.807, 2.05) is 0 Å². The molecular weight excluding hydrogens is 312 g/mol. The molecule has 2 rings (SSSR count). The predicted molar refractivity (Wildman–Crippen MR) is 87.2 cm³/mol. The van der Waals surface area contributed by atoms with Crippen molar-refractivity contribution in [2.75, 3.05) is 0 Å². The van der Waals surface area contributed by atoms with Crippen LogP contribution in [0.5, 0.6) is 0 Å². The molecule has 0 spiro atoms. The fourth-order valence-corrected chi connectivity index (χ4v) is 2.17. The highest BCUT2D eigenvalue weighted by atomic mass is 16.6. The normalized spacial score (nSPS) is 11.1. The summed E-state index contributed by atoms with van der Waals surface area (Å²) in [6.07, 6.45) is 0. The van der Waals surface area contributed by atoms with Crippen LogP contribution in [0.25, 0.3) is 16.5 Å². The van der Waals surface area contributed by atoms with Gasteiger partial charge in [0.15, 0.2) is 0 Å². The zero-order valence-electron chi connectivity index (χ0n) is 13.5. The molecule has 1 heterocycles. The van der Waals surface area contributed by atoms with Crippen molar-refractivity contribution in [3.63, 3.8) is 0 Å². The van der Waals surface area contributed by atoms with Crippen LogP contribution >= 0.6 is 0 Å². The number of para-hydroxylation sites is 1. The molecule has 1 aromatic carbocycles. The molecular formula is C16H18N4O4. The van der Waals surface area contributed by atoms with Crippen molar-refractivity contribution in [1.82, 2.24) is 10.2 Å². The molecule has 0 aliphatic rings. The number of nitrogens with two attached hydrogens (primary N) is 2. The number of fused-ring (bicyclic) bond motifs is 1. The Balaban J connectivity index is 2.77. The minimum absolute atomic E-state index is 0.0763. The number of carbonyl (C=O) groups excluding carboxylic acids is 3. The summed E-state index contributed by atoms with van der Waals surface area (Å²) in [6, 6.07) is 6.90. The third-order valence-corrected chi connectivity index (χ3v) is 3.05. The zero-order chi connectivity index (χ0) is 18.1. The SMILES string of the molecule is CC(C)(C)OC(=O)C(=C(C(N)=O)C(N)=O)c1n[nH]c2ccccc12. The van der Waals surface area contributed by atoms with Gasteiger partial charge in [-0.05, 0) is 26.8 Å². The monoisotopic (exact) mass is 330 g/mol. The Kier molecular flexibility index (Phi) is 4.41. The van der Waals surface area contributed by atoms with Crippen LogP contribution in [0.1, 0.15) is 26.5 Å². The zero-order valence-corrected chi connectivity index (χ0v) is 13.5. The first-order valence-electron chi connectivity index (χ1n) is 7.12. The standard InChI is InChI=1S/C16H18N4O4/c1-16(2,3)24-15(23)10(11(13(17)21)14(18)22)12-8-6-4-5-7-9(8)19-20-12/h4-7H,1-3H3,(H2,17,21)(H2,18,22)(H,19,20). The summed E-state index contributed by atoms with van der Waals surface area (Å²) in [6.45, 7) is 4.96. The molecule has 24 heavy (non-hydrogen) atoms. The number of amides is 2. The van der Waals surface area contributed by atoms with Gasteiger partial charge >= 0.3 is 5.97 Å². The molecule has 0 atom stereocenters. The van der Waals surface area contributed by atoms with Crippen LogP contribution < -0.4 is 11.5 Å². The van der Waals surface area contributed by atoms with Gasteiger partial charge in [-0.25, -0.2) is 4.79 Å². The fraction of sp³-hybridized carbons (Fsp3) is 0.250. The number of hydrogen-bond donors (Lipinski definition) is 3. The molecule has 0 fully saturated rings. The van der Waals surface area contributed by atoms with Crippen LogP contribution in [-0.4, -0.2) is 33.6 Å². The maximum Gasteiger partial charge on any atom is 0.341 e. The number of ether oxygens (including phenoxy) is 1. The number of nitrogens with zero attached hydrogens (tertiary/aromatic N) is 1. The molecule has 126 valence electrons. The summed E-state index contributed by atoms with van der Waals surface area (Å²) in [5.41, 5.74) is 9.32. The molecule has 8 nitrogen and oxygen atoms in total. The van der Waals surface area contributed by atoms with Gasteiger partial charge in [-0.2, -0.15) is 5.10 Å². The van der Waals surface area contributed by atoms with Crippen LogP contribution in [0.2, 0.25) is 0 Å². The molecule has 0 aliphatic carbocycles. The Labute approximate surface area is 137 Å². The molecule has 0 unspecified atom stereocenters. The number of benzene rings is 1. The summed E-state index contributed by atoms with van der Waals surface area (Å²) >= 11 is 0. The number of rotatable bonds is 4. The number of hydrogen-bond acceptors (Lipinski definition) is 5. The molecule has 0 saturated carbocycles. The van der Waals surface area contributed by atoms with E-state index in [0.717, 1.165) is 0 Å². The number of aromatic nitrogens is 2. The van der Waals surface area contributed by atoms with Crippen LogP contribution in [0, 0.1) is 0 Å².